The molecule has 6 nitrogen and oxygen atoms in total. The lowest BCUT2D eigenvalue weighted by atomic mass is 10.0. The third-order valence-electron chi connectivity index (χ3n) is 4.08. The summed E-state index contributed by atoms with van der Waals surface area (Å²) in [7, 11) is 0. The lowest BCUT2D eigenvalue weighted by Gasteiger charge is -2.17. The lowest BCUT2D eigenvalue weighted by molar-refractivity contribution is -0.122. The van der Waals surface area contributed by atoms with E-state index in [1.807, 2.05) is 30.3 Å². The summed E-state index contributed by atoms with van der Waals surface area (Å²) in [5, 5.41) is 5.78. The van der Waals surface area contributed by atoms with Crippen LogP contribution in [0.2, 0.25) is 0 Å². The monoisotopic (exact) mass is 345 g/mol. The Hall–Kier alpha value is -2.18. The van der Waals surface area contributed by atoms with Crippen molar-refractivity contribution in [3.8, 4) is 0 Å². The molecule has 0 spiro atoms. The fourth-order valence-electron chi connectivity index (χ4n) is 2.60. The van der Waals surface area contributed by atoms with Gasteiger partial charge in [-0.3, -0.25) is 9.59 Å². The first kappa shape index (κ1) is 19.1. The molecule has 2 rings (SSSR count). The van der Waals surface area contributed by atoms with Gasteiger partial charge in [0.25, 0.3) is 0 Å². The topological polar surface area (TPSA) is 93.5 Å². The fraction of sp³-hybridized carbons (Fsp3) is 0.474. The molecule has 0 saturated carbocycles. The van der Waals surface area contributed by atoms with Crippen molar-refractivity contribution in [2.45, 2.75) is 44.3 Å². The molecule has 25 heavy (non-hydrogen) atoms. The van der Waals surface area contributed by atoms with E-state index in [4.69, 9.17) is 10.5 Å². The van der Waals surface area contributed by atoms with E-state index in [2.05, 4.69) is 10.6 Å². The van der Waals surface area contributed by atoms with Crippen LogP contribution in [-0.4, -0.2) is 43.2 Å². The smallest absolute Gasteiger partial charge is 0.244 e. The number of hydrogen-bond donors (Lipinski definition) is 3. The van der Waals surface area contributed by atoms with Gasteiger partial charge in [0.15, 0.2) is 0 Å². The highest BCUT2D eigenvalue weighted by Gasteiger charge is 2.17. The van der Waals surface area contributed by atoms with Gasteiger partial charge in [0.1, 0.15) is 0 Å². The zero-order valence-corrected chi connectivity index (χ0v) is 14.6. The van der Waals surface area contributed by atoms with Gasteiger partial charge in [-0.25, -0.2) is 0 Å². The summed E-state index contributed by atoms with van der Waals surface area (Å²) in [5.74, 6) is -0.400. The highest BCUT2D eigenvalue weighted by atomic mass is 16.5. The first-order valence-electron chi connectivity index (χ1n) is 8.71. The molecule has 0 aliphatic carbocycles. The number of benzene rings is 1. The van der Waals surface area contributed by atoms with Crippen LogP contribution in [0.5, 0.6) is 0 Å². The molecule has 3 atom stereocenters. The number of carbonyl (C=O) groups is 2. The summed E-state index contributed by atoms with van der Waals surface area (Å²) in [6.45, 7) is 2.87. The van der Waals surface area contributed by atoms with Gasteiger partial charge in [0, 0.05) is 18.7 Å². The molecule has 1 aromatic carbocycles. The van der Waals surface area contributed by atoms with Crippen LogP contribution in [0.3, 0.4) is 0 Å². The van der Waals surface area contributed by atoms with Crippen LogP contribution in [-0.2, 0) is 20.7 Å². The molecular weight excluding hydrogens is 318 g/mol. The maximum Gasteiger partial charge on any atom is 0.244 e. The highest BCUT2D eigenvalue weighted by Crippen LogP contribution is 2.07. The molecule has 1 heterocycles. The van der Waals surface area contributed by atoms with Crippen molar-refractivity contribution in [1.82, 2.24) is 10.6 Å². The molecule has 6 heteroatoms. The highest BCUT2D eigenvalue weighted by molar-refractivity contribution is 5.88. The first-order chi connectivity index (χ1) is 12.0. The first-order valence-corrected chi connectivity index (χ1v) is 8.71. The SMILES string of the molecule is C[C@H](N)C(=O)N[C@H](C=CC(=O)NC1CCOC1)CCc1ccccc1. The minimum atomic E-state index is -0.586. The van der Waals surface area contributed by atoms with Gasteiger partial charge in [0.05, 0.1) is 18.7 Å². The van der Waals surface area contributed by atoms with E-state index in [0.29, 0.717) is 19.6 Å². The Bertz CT molecular complexity index is 581. The number of nitrogens with two attached hydrogens (primary N) is 1. The van der Waals surface area contributed by atoms with Crippen molar-refractivity contribution in [3.05, 3.63) is 48.0 Å². The maximum atomic E-state index is 12.0. The van der Waals surface area contributed by atoms with Crippen molar-refractivity contribution < 1.29 is 14.3 Å². The number of rotatable bonds is 8. The van der Waals surface area contributed by atoms with Crippen molar-refractivity contribution in [2.24, 2.45) is 5.73 Å². The van der Waals surface area contributed by atoms with Gasteiger partial charge in [-0.1, -0.05) is 36.4 Å². The minimum absolute atomic E-state index is 0.0681. The molecule has 1 aliphatic rings. The largest absolute Gasteiger partial charge is 0.379 e. The second kappa shape index (κ2) is 9.96. The van der Waals surface area contributed by atoms with Gasteiger partial charge < -0.3 is 21.1 Å². The second-order valence-electron chi connectivity index (χ2n) is 6.36. The molecule has 0 aromatic heterocycles. The lowest BCUT2D eigenvalue weighted by Crippen LogP contribution is -2.43. The van der Waals surface area contributed by atoms with Crippen LogP contribution in [0, 0.1) is 0 Å². The third-order valence-corrected chi connectivity index (χ3v) is 4.08. The Morgan fingerprint density at radius 2 is 2.12 bits per heavy atom. The number of amides is 2. The molecule has 2 amide bonds. The van der Waals surface area contributed by atoms with Gasteiger partial charge in [-0.05, 0) is 31.7 Å². The van der Waals surface area contributed by atoms with E-state index in [-0.39, 0.29) is 23.9 Å². The predicted molar refractivity (Wildman–Crippen MR) is 96.8 cm³/mol. The molecular formula is C19H27N3O3. The average Bonchev–Trinajstić information content (AvgIpc) is 3.10. The number of carbonyl (C=O) groups excluding carboxylic acids is 2. The fourth-order valence-corrected chi connectivity index (χ4v) is 2.60. The second-order valence-corrected chi connectivity index (χ2v) is 6.36. The Balaban J connectivity index is 1.91. The summed E-state index contributed by atoms with van der Waals surface area (Å²) in [6.07, 6.45) is 5.54. The summed E-state index contributed by atoms with van der Waals surface area (Å²) >= 11 is 0. The quantitative estimate of drug-likeness (QED) is 0.611. The van der Waals surface area contributed by atoms with Gasteiger partial charge in [-0.15, -0.1) is 0 Å². The Morgan fingerprint density at radius 3 is 2.76 bits per heavy atom. The molecule has 0 bridgehead atoms. The summed E-state index contributed by atoms with van der Waals surface area (Å²) in [4.78, 5) is 23.9. The third kappa shape index (κ3) is 7.07. The Labute approximate surface area is 148 Å². The number of hydrogen-bond acceptors (Lipinski definition) is 4. The molecule has 1 fully saturated rings. The molecule has 0 radical (unpaired) electrons. The maximum absolute atomic E-state index is 12.0. The standard InChI is InChI=1S/C19H27N3O3/c1-14(20)19(24)22-16(8-7-15-5-3-2-4-6-15)9-10-18(23)21-17-11-12-25-13-17/h2-6,9-10,14,16-17H,7-8,11-13,20H2,1H3,(H,21,23)(H,22,24)/t14-,16-,17?/m0/s1. The van der Waals surface area contributed by atoms with Crippen LogP contribution in [0.25, 0.3) is 0 Å². The van der Waals surface area contributed by atoms with Crippen LogP contribution in [0.4, 0.5) is 0 Å². The van der Waals surface area contributed by atoms with Crippen molar-refractivity contribution in [2.75, 3.05) is 13.2 Å². The van der Waals surface area contributed by atoms with E-state index in [1.165, 1.54) is 11.6 Å². The van der Waals surface area contributed by atoms with Gasteiger partial charge in [-0.2, -0.15) is 0 Å². The van der Waals surface area contributed by atoms with E-state index in [9.17, 15) is 9.59 Å². The van der Waals surface area contributed by atoms with Crippen LogP contribution < -0.4 is 16.4 Å². The molecule has 1 saturated heterocycles. The summed E-state index contributed by atoms with van der Waals surface area (Å²) in [6, 6.07) is 9.26. The minimum Gasteiger partial charge on any atom is -0.379 e. The molecule has 1 unspecified atom stereocenters. The number of aryl methyl sites for hydroxylation is 1. The molecule has 136 valence electrons. The zero-order valence-electron chi connectivity index (χ0n) is 14.6. The van der Waals surface area contributed by atoms with Crippen molar-refractivity contribution >= 4 is 11.8 Å². The molecule has 4 N–H and O–H groups in total. The predicted octanol–water partition coefficient (Wildman–Crippen LogP) is 0.913. The normalized spacial score (nSPS) is 19.5. The van der Waals surface area contributed by atoms with Gasteiger partial charge >= 0.3 is 0 Å². The van der Waals surface area contributed by atoms with Gasteiger partial charge in [0.2, 0.25) is 11.8 Å². The van der Waals surface area contributed by atoms with Crippen LogP contribution in [0.1, 0.15) is 25.3 Å². The Morgan fingerprint density at radius 1 is 1.36 bits per heavy atom. The summed E-state index contributed by atoms with van der Waals surface area (Å²) in [5.41, 5.74) is 6.81. The van der Waals surface area contributed by atoms with E-state index >= 15 is 0 Å². The Kier molecular flexibility index (Phi) is 7.63. The summed E-state index contributed by atoms with van der Waals surface area (Å²) < 4.78 is 5.24. The zero-order chi connectivity index (χ0) is 18.1. The van der Waals surface area contributed by atoms with Crippen molar-refractivity contribution in [3.63, 3.8) is 0 Å². The number of nitrogens with one attached hydrogen (secondary N) is 2. The van der Waals surface area contributed by atoms with Crippen LogP contribution >= 0.6 is 0 Å². The van der Waals surface area contributed by atoms with E-state index < -0.39 is 6.04 Å². The van der Waals surface area contributed by atoms with E-state index in [0.717, 1.165) is 12.8 Å². The molecule has 1 aliphatic heterocycles. The average molecular weight is 345 g/mol. The van der Waals surface area contributed by atoms with Crippen LogP contribution in [0.15, 0.2) is 42.5 Å². The molecule has 1 aromatic rings. The van der Waals surface area contributed by atoms with E-state index in [1.54, 1.807) is 13.0 Å². The van der Waals surface area contributed by atoms with Crippen molar-refractivity contribution in [1.29, 1.82) is 0 Å². The number of ether oxygens (including phenoxy) is 1.